The number of nitrogens with zero attached hydrogens (tertiary/aromatic N) is 2. The highest BCUT2D eigenvalue weighted by molar-refractivity contribution is 5.69. The Morgan fingerprint density at radius 1 is 1.46 bits per heavy atom. The van der Waals surface area contributed by atoms with Crippen molar-refractivity contribution in [3.63, 3.8) is 0 Å². The molecular formula is C11H12N2. The van der Waals surface area contributed by atoms with Gasteiger partial charge in [-0.1, -0.05) is 31.4 Å². The largest absolute Gasteiger partial charge is 0.237 e. The number of aromatic nitrogens is 2. The number of allylic oxidation sites excluding steroid dienone is 4. The minimum atomic E-state index is 0.690. The molecule has 0 bridgehead atoms. The Hall–Kier alpha value is -1.70. The third-order valence-electron chi connectivity index (χ3n) is 1.57. The van der Waals surface area contributed by atoms with Crippen LogP contribution in [0.25, 0.3) is 5.57 Å². The lowest BCUT2D eigenvalue weighted by Crippen LogP contribution is -1.93. The first-order chi connectivity index (χ1) is 6.27. The van der Waals surface area contributed by atoms with E-state index in [0.29, 0.717) is 5.82 Å². The fraction of sp³-hybridized carbons (Fsp3) is 0.0909. The first kappa shape index (κ1) is 9.39. The number of hydrogen-bond donors (Lipinski definition) is 0. The second-order valence-electron chi connectivity index (χ2n) is 2.58. The summed E-state index contributed by atoms with van der Waals surface area (Å²) in [6, 6.07) is 1.86. The van der Waals surface area contributed by atoms with Crippen molar-refractivity contribution < 1.29 is 0 Å². The van der Waals surface area contributed by atoms with Gasteiger partial charge in [-0.3, -0.25) is 0 Å². The molecule has 0 aliphatic heterocycles. The van der Waals surface area contributed by atoms with E-state index in [-0.39, 0.29) is 0 Å². The Balaban J connectivity index is 3.12. The molecule has 0 fully saturated rings. The minimum Gasteiger partial charge on any atom is -0.237 e. The molecule has 0 spiro atoms. The molecule has 0 saturated heterocycles. The molecule has 0 N–H and O–H groups in total. The molecule has 2 nitrogen and oxygen atoms in total. The summed E-state index contributed by atoms with van der Waals surface area (Å²) < 4.78 is 0. The van der Waals surface area contributed by atoms with Crippen molar-refractivity contribution in [2.75, 3.05) is 0 Å². The van der Waals surface area contributed by atoms with Gasteiger partial charge in [0.15, 0.2) is 5.82 Å². The molecule has 0 aliphatic carbocycles. The SMILES string of the molecule is C=C/C=C(\C=C)c1nccc(C)n1. The zero-order valence-electron chi connectivity index (χ0n) is 7.70. The van der Waals surface area contributed by atoms with E-state index in [1.807, 2.05) is 19.1 Å². The molecular weight excluding hydrogens is 160 g/mol. The summed E-state index contributed by atoms with van der Waals surface area (Å²) in [6.07, 6.45) is 6.99. The molecule has 1 aromatic heterocycles. The number of rotatable bonds is 3. The summed E-state index contributed by atoms with van der Waals surface area (Å²) in [7, 11) is 0. The van der Waals surface area contributed by atoms with Crippen LogP contribution in [-0.2, 0) is 0 Å². The van der Waals surface area contributed by atoms with Crippen molar-refractivity contribution in [2.45, 2.75) is 6.92 Å². The van der Waals surface area contributed by atoms with Crippen LogP contribution in [0.4, 0.5) is 0 Å². The Labute approximate surface area is 78.4 Å². The zero-order valence-corrected chi connectivity index (χ0v) is 7.70. The monoisotopic (exact) mass is 172 g/mol. The van der Waals surface area contributed by atoms with Crippen LogP contribution in [-0.4, -0.2) is 9.97 Å². The molecule has 0 atom stereocenters. The van der Waals surface area contributed by atoms with E-state index < -0.39 is 0 Å². The topological polar surface area (TPSA) is 25.8 Å². The quantitative estimate of drug-likeness (QED) is 0.655. The molecule has 1 heterocycles. The van der Waals surface area contributed by atoms with Crippen molar-refractivity contribution >= 4 is 5.57 Å². The second-order valence-corrected chi connectivity index (χ2v) is 2.58. The van der Waals surface area contributed by atoms with Crippen LogP contribution in [0.2, 0.25) is 0 Å². The first-order valence-corrected chi connectivity index (χ1v) is 4.03. The molecule has 0 radical (unpaired) electrons. The van der Waals surface area contributed by atoms with Gasteiger partial charge in [0.25, 0.3) is 0 Å². The van der Waals surface area contributed by atoms with Crippen LogP contribution in [0.15, 0.2) is 43.6 Å². The van der Waals surface area contributed by atoms with E-state index in [1.54, 1.807) is 18.3 Å². The maximum Gasteiger partial charge on any atom is 0.159 e. The van der Waals surface area contributed by atoms with Crippen LogP contribution in [0.3, 0.4) is 0 Å². The summed E-state index contributed by atoms with van der Waals surface area (Å²) in [6.45, 7) is 9.24. The van der Waals surface area contributed by atoms with Gasteiger partial charge < -0.3 is 0 Å². The van der Waals surface area contributed by atoms with E-state index in [9.17, 15) is 0 Å². The van der Waals surface area contributed by atoms with Crippen molar-refractivity contribution in [3.8, 4) is 0 Å². The highest BCUT2D eigenvalue weighted by Gasteiger charge is 1.98. The molecule has 0 amide bonds. The van der Waals surface area contributed by atoms with Crippen LogP contribution in [0.1, 0.15) is 11.5 Å². The molecule has 13 heavy (non-hydrogen) atoms. The van der Waals surface area contributed by atoms with E-state index in [0.717, 1.165) is 11.3 Å². The van der Waals surface area contributed by atoms with Crippen molar-refractivity contribution in [2.24, 2.45) is 0 Å². The molecule has 0 aromatic carbocycles. The highest BCUT2D eigenvalue weighted by atomic mass is 14.9. The van der Waals surface area contributed by atoms with Crippen LogP contribution in [0.5, 0.6) is 0 Å². The fourth-order valence-corrected chi connectivity index (χ4v) is 0.949. The summed E-state index contributed by atoms with van der Waals surface area (Å²) in [5.41, 5.74) is 1.83. The summed E-state index contributed by atoms with van der Waals surface area (Å²) >= 11 is 0. The second kappa shape index (κ2) is 4.36. The highest BCUT2D eigenvalue weighted by Crippen LogP contribution is 2.09. The Morgan fingerprint density at radius 3 is 2.77 bits per heavy atom. The molecule has 0 saturated carbocycles. The summed E-state index contributed by atoms with van der Waals surface area (Å²) in [4.78, 5) is 8.40. The Bertz CT molecular complexity index is 351. The smallest absolute Gasteiger partial charge is 0.159 e. The lowest BCUT2D eigenvalue weighted by Gasteiger charge is -1.99. The molecule has 0 unspecified atom stereocenters. The van der Waals surface area contributed by atoms with Crippen LogP contribution < -0.4 is 0 Å². The van der Waals surface area contributed by atoms with Gasteiger partial charge in [-0.05, 0) is 13.0 Å². The lowest BCUT2D eigenvalue weighted by molar-refractivity contribution is 1.07. The molecule has 0 aliphatic rings. The van der Waals surface area contributed by atoms with Gasteiger partial charge >= 0.3 is 0 Å². The van der Waals surface area contributed by atoms with E-state index in [4.69, 9.17) is 0 Å². The standard InChI is InChI=1S/C11H12N2/c1-4-6-10(5-2)11-12-8-7-9(3)13-11/h4-8H,1-2H2,3H3/b10-6+. The van der Waals surface area contributed by atoms with E-state index in [2.05, 4.69) is 23.1 Å². The average Bonchev–Trinajstić information content (AvgIpc) is 2.14. The van der Waals surface area contributed by atoms with Crippen LogP contribution >= 0.6 is 0 Å². The van der Waals surface area contributed by atoms with Gasteiger partial charge in [-0.15, -0.1) is 0 Å². The Morgan fingerprint density at radius 2 is 2.23 bits per heavy atom. The maximum atomic E-state index is 4.26. The third kappa shape index (κ3) is 2.37. The predicted octanol–water partition coefficient (Wildman–Crippen LogP) is 2.54. The first-order valence-electron chi connectivity index (χ1n) is 4.03. The normalized spacial score (nSPS) is 11.0. The van der Waals surface area contributed by atoms with Gasteiger partial charge in [-0.2, -0.15) is 0 Å². The van der Waals surface area contributed by atoms with Gasteiger partial charge in [0, 0.05) is 17.5 Å². The summed E-state index contributed by atoms with van der Waals surface area (Å²) in [5.74, 6) is 0.690. The minimum absolute atomic E-state index is 0.690. The lowest BCUT2D eigenvalue weighted by atomic mass is 10.2. The maximum absolute atomic E-state index is 4.26. The van der Waals surface area contributed by atoms with Gasteiger partial charge in [0.2, 0.25) is 0 Å². The summed E-state index contributed by atoms with van der Waals surface area (Å²) in [5, 5.41) is 0. The van der Waals surface area contributed by atoms with E-state index >= 15 is 0 Å². The fourth-order valence-electron chi connectivity index (χ4n) is 0.949. The van der Waals surface area contributed by atoms with Crippen molar-refractivity contribution in [1.82, 2.24) is 9.97 Å². The van der Waals surface area contributed by atoms with Crippen molar-refractivity contribution in [1.29, 1.82) is 0 Å². The Kier molecular flexibility index (Phi) is 3.15. The van der Waals surface area contributed by atoms with Crippen molar-refractivity contribution in [3.05, 3.63) is 55.2 Å². The zero-order chi connectivity index (χ0) is 9.68. The molecule has 2 heteroatoms. The van der Waals surface area contributed by atoms with Gasteiger partial charge in [0.05, 0.1) is 0 Å². The molecule has 1 rings (SSSR count). The number of hydrogen-bond acceptors (Lipinski definition) is 2. The van der Waals surface area contributed by atoms with Crippen LogP contribution in [0, 0.1) is 6.92 Å². The average molecular weight is 172 g/mol. The number of aryl methyl sites for hydroxylation is 1. The van der Waals surface area contributed by atoms with E-state index in [1.165, 1.54) is 0 Å². The molecule has 66 valence electrons. The third-order valence-corrected chi connectivity index (χ3v) is 1.57. The predicted molar refractivity (Wildman–Crippen MR) is 55.1 cm³/mol. The molecule has 1 aromatic rings. The van der Waals surface area contributed by atoms with Gasteiger partial charge in [0.1, 0.15) is 0 Å². The van der Waals surface area contributed by atoms with Gasteiger partial charge in [-0.25, -0.2) is 9.97 Å².